The minimum atomic E-state index is -0.842. The van der Waals surface area contributed by atoms with E-state index in [4.69, 9.17) is 10.5 Å². The number of imidazole rings is 1. The maximum Gasteiger partial charge on any atom is 0.328 e. The summed E-state index contributed by atoms with van der Waals surface area (Å²) >= 11 is 0. The molecular formula is C12H12N4O4. The minimum absolute atomic E-state index is 0.0773. The third kappa shape index (κ3) is 3.39. The monoisotopic (exact) mass is 276 g/mol. The highest BCUT2D eigenvalue weighted by Crippen LogP contribution is 2.17. The number of non-ortho nitro benzene ring substituents is 1. The summed E-state index contributed by atoms with van der Waals surface area (Å²) in [7, 11) is 0. The van der Waals surface area contributed by atoms with Crippen molar-refractivity contribution in [1.29, 1.82) is 0 Å². The molecule has 0 bridgehead atoms. The van der Waals surface area contributed by atoms with Gasteiger partial charge in [0.15, 0.2) is 0 Å². The van der Waals surface area contributed by atoms with Crippen LogP contribution in [0.25, 0.3) is 0 Å². The van der Waals surface area contributed by atoms with E-state index in [-0.39, 0.29) is 17.9 Å². The number of hydrogen-bond donors (Lipinski definition) is 2. The number of esters is 1. The highest BCUT2D eigenvalue weighted by Gasteiger charge is 2.17. The van der Waals surface area contributed by atoms with Crippen molar-refractivity contribution in [2.45, 2.75) is 12.5 Å². The quantitative estimate of drug-likeness (QED) is 0.360. The Bertz CT molecular complexity index is 594. The number of nitro benzene ring substituents is 1. The van der Waals surface area contributed by atoms with Crippen LogP contribution in [0.15, 0.2) is 36.8 Å². The molecule has 0 aliphatic rings. The Labute approximate surface area is 113 Å². The topological polar surface area (TPSA) is 124 Å². The first-order valence-electron chi connectivity index (χ1n) is 5.75. The number of nitrogens with zero attached hydrogens (tertiary/aromatic N) is 2. The van der Waals surface area contributed by atoms with Crippen LogP contribution in [-0.4, -0.2) is 26.9 Å². The van der Waals surface area contributed by atoms with Crippen LogP contribution in [0.4, 0.5) is 5.69 Å². The van der Waals surface area contributed by atoms with Crippen molar-refractivity contribution in [2.75, 3.05) is 0 Å². The van der Waals surface area contributed by atoms with E-state index in [9.17, 15) is 14.9 Å². The number of hydrogen-bond acceptors (Lipinski definition) is 6. The molecule has 0 spiro atoms. The van der Waals surface area contributed by atoms with Crippen LogP contribution in [-0.2, 0) is 11.2 Å². The molecule has 20 heavy (non-hydrogen) atoms. The summed E-state index contributed by atoms with van der Waals surface area (Å²) in [5.74, 6) is -0.408. The van der Waals surface area contributed by atoms with E-state index >= 15 is 0 Å². The van der Waals surface area contributed by atoms with Crippen LogP contribution < -0.4 is 10.5 Å². The summed E-state index contributed by atoms with van der Waals surface area (Å²) in [4.78, 5) is 28.3. The molecule has 0 radical (unpaired) electrons. The molecule has 0 aliphatic heterocycles. The van der Waals surface area contributed by atoms with E-state index in [0.29, 0.717) is 0 Å². The Balaban J connectivity index is 1.95. The highest BCUT2D eigenvalue weighted by molar-refractivity contribution is 5.78. The van der Waals surface area contributed by atoms with E-state index in [1.807, 2.05) is 0 Å². The second-order valence-electron chi connectivity index (χ2n) is 4.06. The summed E-state index contributed by atoms with van der Waals surface area (Å²) in [6.45, 7) is 0. The summed E-state index contributed by atoms with van der Waals surface area (Å²) in [6.07, 6.45) is 3.33. The van der Waals surface area contributed by atoms with Gasteiger partial charge in [-0.25, -0.2) is 9.78 Å². The fraction of sp³-hybridized carbons (Fsp3) is 0.167. The smallest absolute Gasteiger partial charge is 0.328 e. The van der Waals surface area contributed by atoms with E-state index in [2.05, 4.69) is 9.97 Å². The fourth-order valence-electron chi connectivity index (χ4n) is 1.54. The molecule has 0 aliphatic carbocycles. The number of aromatic nitrogens is 2. The molecule has 1 heterocycles. The average molecular weight is 276 g/mol. The van der Waals surface area contributed by atoms with Crippen LogP contribution in [0.5, 0.6) is 5.75 Å². The van der Waals surface area contributed by atoms with Crippen molar-refractivity contribution in [2.24, 2.45) is 5.73 Å². The number of carbonyl (C=O) groups is 1. The molecule has 2 rings (SSSR count). The van der Waals surface area contributed by atoms with Crippen molar-refractivity contribution in [1.82, 2.24) is 9.97 Å². The first-order valence-corrected chi connectivity index (χ1v) is 5.75. The predicted molar refractivity (Wildman–Crippen MR) is 69.0 cm³/mol. The molecule has 0 saturated carbocycles. The lowest BCUT2D eigenvalue weighted by Gasteiger charge is -2.10. The lowest BCUT2D eigenvalue weighted by atomic mass is 10.2. The van der Waals surface area contributed by atoms with E-state index < -0.39 is 16.9 Å². The molecule has 8 nitrogen and oxygen atoms in total. The summed E-state index contributed by atoms with van der Waals surface area (Å²) < 4.78 is 5.04. The van der Waals surface area contributed by atoms with Crippen LogP contribution in [0, 0.1) is 10.1 Å². The first-order chi connectivity index (χ1) is 9.56. The van der Waals surface area contributed by atoms with Gasteiger partial charge in [0.25, 0.3) is 5.69 Å². The molecule has 1 aromatic heterocycles. The van der Waals surface area contributed by atoms with Crippen LogP contribution in [0.3, 0.4) is 0 Å². The molecule has 8 heteroatoms. The van der Waals surface area contributed by atoms with Gasteiger partial charge in [0.1, 0.15) is 11.8 Å². The Morgan fingerprint density at radius 1 is 1.45 bits per heavy atom. The van der Waals surface area contributed by atoms with Crippen LogP contribution in [0.2, 0.25) is 0 Å². The van der Waals surface area contributed by atoms with E-state index in [1.54, 1.807) is 6.20 Å². The number of rotatable bonds is 5. The SMILES string of the molecule is N[C@@H](Cc1cnc[nH]1)C(=O)Oc1ccc([N+](=O)[O-])cc1. The Morgan fingerprint density at radius 2 is 2.15 bits per heavy atom. The number of nitrogens with one attached hydrogen (secondary N) is 1. The fourth-order valence-corrected chi connectivity index (χ4v) is 1.54. The zero-order chi connectivity index (χ0) is 14.5. The second kappa shape index (κ2) is 5.93. The number of ether oxygens (including phenoxy) is 1. The van der Waals surface area contributed by atoms with Gasteiger partial charge >= 0.3 is 5.97 Å². The van der Waals surface area contributed by atoms with E-state index in [1.165, 1.54) is 30.6 Å². The van der Waals surface area contributed by atoms with Gasteiger partial charge in [0.05, 0.1) is 11.3 Å². The maximum absolute atomic E-state index is 11.7. The van der Waals surface area contributed by atoms with Crippen molar-refractivity contribution in [3.8, 4) is 5.75 Å². The number of nitro groups is 1. The van der Waals surface area contributed by atoms with Crippen molar-refractivity contribution in [3.05, 3.63) is 52.6 Å². The summed E-state index contributed by atoms with van der Waals surface area (Å²) in [5.41, 5.74) is 6.35. The lowest BCUT2D eigenvalue weighted by molar-refractivity contribution is -0.384. The van der Waals surface area contributed by atoms with Gasteiger partial charge in [-0.3, -0.25) is 10.1 Å². The Kier molecular flexibility index (Phi) is 4.06. The molecule has 0 fully saturated rings. The summed E-state index contributed by atoms with van der Waals surface area (Å²) in [5, 5.41) is 10.5. The zero-order valence-electron chi connectivity index (χ0n) is 10.4. The third-order valence-corrected chi connectivity index (χ3v) is 2.56. The van der Waals surface area contributed by atoms with Crippen molar-refractivity contribution in [3.63, 3.8) is 0 Å². The minimum Gasteiger partial charge on any atom is -0.425 e. The molecule has 0 unspecified atom stereocenters. The number of aromatic amines is 1. The van der Waals surface area contributed by atoms with E-state index in [0.717, 1.165) is 5.69 Å². The summed E-state index contributed by atoms with van der Waals surface area (Å²) in [6, 6.07) is 4.36. The van der Waals surface area contributed by atoms with Gasteiger partial charge in [-0.05, 0) is 12.1 Å². The maximum atomic E-state index is 11.7. The largest absolute Gasteiger partial charge is 0.425 e. The standard InChI is InChI=1S/C12H12N4O4/c13-11(5-8-6-14-7-15-8)12(17)20-10-3-1-9(2-4-10)16(18)19/h1-4,6-7,11H,5,13H2,(H,14,15)/t11-/m0/s1. The molecule has 0 saturated heterocycles. The Morgan fingerprint density at radius 3 is 2.70 bits per heavy atom. The molecule has 3 N–H and O–H groups in total. The van der Waals surface area contributed by atoms with Gasteiger partial charge in [-0.15, -0.1) is 0 Å². The van der Waals surface area contributed by atoms with Gasteiger partial charge in [0.2, 0.25) is 0 Å². The number of H-pyrrole nitrogens is 1. The van der Waals surface area contributed by atoms with Gasteiger partial charge in [-0.1, -0.05) is 0 Å². The number of benzene rings is 1. The Hall–Kier alpha value is -2.74. The highest BCUT2D eigenvalue weighted by atomic mass is 16.6. The molecule has 0 amide bonds. The lowest BCUT2D eigenvalue weighted by Crippen LogP contribution is -2.36. The normalized spacial score (nSPS) is 11.8. The number of carbonyl (C=O) groups excluding carboxylic acids is 1. The first kappa shape index (κ1) is 13.7. The van der Waals surface area contributed by atoms with Gasteiger partial charge in [-0.2, -0.15) is 0 Å². The predicted octanol–water partition coefficient (Wildman–Crippen LogP) is 0.793. The molecule has 1 atom stereocenters. The van der Waals surface area contributed by atoms with Crippen molar-refractivity contribution >= 4 is 11.7 Å². The molecule has 1 aromatic carbocycles. The van der Waals surface area contributed by atoms with Crippen LogP contribution >= 0.6 is 0 Å². The molecular weight excluding hydrogens is 264 g/mol. The second-order valence-corrected chi connectivity index (χ2v) is 4.06. The van der Waals surface area contributed by atoms with Gasteiger partial charge in [0, 0.05) is 30.4 Å². The van der Waals surface area contributed by atoms with Crippen molar-refractivity contribution < 1.29 is 14.5 Å². The average Bonchev–Trinajstić information content (AvgIpc) is 2.92. The molecule has 104 valence electrons. The van der Waals surface area contributed by atoms with Gasteiger partial charge < -0.3 is 15.5 Å². The van der Waals surface area contributed by atoms with Crippen LogP contribution in [0.1, 0.15) is 5.69 Å². The zero-order valence-corrected chi connectivity index (χ0v) is 10.4. The number of nitrogens with two attached hydrogens (primary N) is 1. The molecule has 2 aromatic rings. The third-order valence-electron chi connectivity index (χ3n) is 2.56.